The number of nitrogens with one attached hydrogen (secondary N) is 1. The van der Waals surface area contributed by atoms with Crippen molar-refractivity contribution in [3.63, 3.8) is 0 Å². The lowest BCUT2D eigenvalue weighted by Crippen LogP contribution is -2.00. The van der Waals surface area contributed by atoms with Crippen molar-refractivity contribution in [3.8, 4) is 0 Å². The second-order valence-corrected chi connectivity index (χ2v) is 6.35. The first-order valence-corrected chi connectivity index (χ1v) is 7.80. The maximum atomic E-state index is 13.7. The lowest BCUT2D eigenvalue weighted by atomic mass is 10.2. The summed E-state index contributed by atoms with van der Waals surface area (Å²) in [5, 5.41) is 0.691. The fraction of sp³-hybridized carbons (Fsp3) is 0.0714. The van der Waals surface area contributed by atoms with Crippen molar-refractivity contribution in [2.75, 3.05) is 5.73 Å². The molecule has 7 heteroatoms. The molecule has 3 N–H and O–H groups in total. The summed E-state index contributed by atoms with van der Waals surface area (Å²) >= 11 is 5.82. The number of H-pyrrole nitrogens is 1. The van der Waals surface area contributed by atoms with Crippen LogP contribution in [0, 0.1) is 5.82 Å². The number of benzene rings is 2. The third kappa shape index (κ3) is 2.91. The van der Waals surface area contributed by atoms with Crippen LogP contribution < -0.4 is 5.73 Å². The summed E-state index contributed by atoms with van der Waals surface area (Å²) in [6.45, 7) is 0. The largest absolute Gasteiger partial charge is 0.399 e. The Kier molecular flexibility index (Phi) is 3.65. The van der Waals surface area contributed by atoms with Crippen molar-refractivity contribution in [1.29, 1.82) is 0 Å². The molecule has 108 valence electrons. The quantitative estimate of drug-likeness (QED) is 0.727. The predicted molar refractivity (Wildman–Crippen MR) is 82.0 cm³/mol. The van der Waals surface area contributed by atoms with Crippen LogP contribution in [-0.2, 0) is 16.6 Å². The normalized spacial score (nSPS) is 12.7. The summed E-state index contributed by atoms with van der Waals surface area (Å²) in [7, 11) is -1.50. The van der Waals surface area contributed by atoms with E-state index in [9.17, 15) is 8.60 Å². The molecule has 21 heavy (non-hydrogen) atoms. The number of nitrogen functional groups attached to an aromatic ring is 1. The standard InChI is InChI=1S/C14H11ClFN3OS/c15-9-1-3-11(16)8(5-9)7-21(20)14-18-12-4-2-10(17)6-13(12)19-14/h1-6H,7,17H2,(H,18,19). The molecule has 0 saturated heterocycles. The van der Waals surface area contributed by atoms with Gasteiger partial charge in [-0.25, -0.2) is 9.37 Å². The third-order valence-corrected chi connectivity index (χ3v) is 4.43. The fourth-order valence-corrected chi connectivity index (χ4v) is 3.23. The average Bonchev–Trinajstić information content (AvgIpc) is 2.86. The second-order valence-electron chi connectivity index (χ2n) is 4.54. The van der Waals surface area contributed by atoms with Gasteiger partial charge in [0.25, 0.3) is 0 Å². The molecule has 0 spiro atoms. The van der Waals surface area contributed by atoms with Crippen LogP contribution in [0.3, 0.4) is 0 Å². The molecule has 4 nitrogen and oxygen atoms in total. The number of nitrogens with two attached hydrogens (primary N) is 1. The summed E-state index contributed by atoms with van der Waals surface area (Å²) in [6.07, 6.45) is 0. The maximum Gasteiger partial charge on any atom is 0.197 e. The number of nitrogens with zero attached hydrogens (tertiary/aromatic N) is 1. The van der Waals surface area contributed by atoms with Gasteiger partial charge in [-0.15, -0.1) is 0 Å². The third-order valence-electron chi connectivity index (χ3n) is 2.99. The Balaban J connectivity index is 1.91. The summed E-state index contributed by atoms with van der Waals surface area (Å²) in [6, 6.07) is 9.34. The van der Waals surface area contributed by atoms with Crippen molar-refractivity contribution < 1.29 is 8.60 Å². The van der Waals surface area contributed by atoms with Crippen LogP contribution in [-0.4, -0.2) is 14.2 Å². The number of fused-ring (bicyclic) bond motifs is 1. The van der Waals surface area contributed by atoms with E-state index in [1.165, 1.54) is 18.2 Å². The van der Waals surface area contributed by atoms with Crippen LogP contribution in [0.15, 0.2) is 41.6 Å². The van der Waals surface area contributed by atoms with Crippen molar-refractivity contribution in [2.45, 2.75) is 10.9 Å². The average molecular weight is 324 g/mol. The van der Waals surface area contributed by atoms with Gasteiger partial charge in [0.1, 0.15) is 5.82 Å². The van der Waals surface area contributed by atoms with Crippen molar-refractivity contribution in [2.24, 2.45) is 0 Å². The second kappa shape index (κ2) is 5.46. The minimum atomic E-state index is -1.50. The van der Waals surface area contributed by atoms with Gasteiger partial charge in [-0.05, 0) is 36.4 Å². The predicted octanol–water partition coefficient (Wildman–Crippen LogP) is 3.25. The van der Waals surface area contributed by atoms with Gasteiger partial charge in [-0.1, -0.05) is 11.6 Å². The number of aromatic nitrogens is 2. The molecule has 0 amide bonds. The van der Waals surface area contributed by atoms with Crippen molar-refractivity contribution in [1.82, 2.24) is 9.97 Å². The molecule has 0 aliphatic rings. The first-order valence-electron chi connectivity index (χ1n) is 6.10. The molecule has 0 bridgehead atoms. The van der Waals surface area contributed by atoms with Gasteiger partial charge in [0.2, 0.25) is 0 Å². The lowest BCUT2D eigenvalue weighted by molar-refractivity contribution is 0.615. The van der Waals surface area contributed by atoms with E-state index in [0.29, 0.717) is 27.3 Å². The van der Waals surface area contributed by atoms with Gasteiger partial charge in [0.15, 0.2) is 5.16 Å². The van der Waals surface area contributed by atoms with E-state index in [-0.39, 0.29) is 10.9 Å². The lowest BCUT2D eigenvalue weighted by Gasteiger charge is -2.02. The zero-order valence-corrected chi connectivity index (χ0v) is 12.3. The number of hydrogen-bond acceptors (Lipinski definition) is 3. The van der Waals surface area contributed by atoms with Gasteiger partial charge in [-0.3, -0.25) is 4.21 Å². The molecule has 1 aromatic heterocycles. The van der Waals surface area contributed by atoms with E-state index >= 15 is 0 Å². The maximum absolute atomic E-state index is 13.7. The van der Waals surface area contributed by atoms with Gasteiger partial charge in [0.05, 0.1) is 27.6 Å². The molecule has 0 aliphatic carbocycles. The minimum absolute atomic E-state index is 0.00168. The van der Waals surface area contributed by atoms with Crippen LogP contribution in [0.25, 0.3) is 11.0 Å². The number of hydrogen-bond donors (Lipinski definition) is 2. The highest BCUT2D eigenvalue weighted by Gasteiger charge is 2.13. The Hall–Kier alpha value is -1.92. The highest BCUT2D eigenvalue weighted by Crippen LogP contribution is 2.20. The van der Waals surface area contributed by atoms with Crippen molar-refractivity contribution >= 4 is 39.1 Å². The van der Waals surface area contributed by atoms with Gasteiger partial charge >= 0.3 is 0 Å². The van der Waals surface area contributed by atoms with Gasteiger partial charge in [-0.2, -0.15) is 0 Å². The highest BCUT2D eigenvalue weighted by molar-refractivity contribution is 7.84. The summed E-state index contributed by atoms with van der Waals surface area (Å²) in [5.74, 6) is -0.435. The summed E-state index contributed by atoms with van der Waals surface area (Å²) < 4.78 is 26.0. The SMILES string of the molecule is Nc1ccc2nc(S(=O)Cc3cc(Cl)ccc3F)[nH]c2c1. The highest BCUT2D eigenvalue weighted by atomic mass is 35.5. The number of halogens is 2. The van der Waals surface area contributed by atoms with E-state index in [4.69, 9.17) is 17.3 Å². The molecule has 1 unspecified atom stereocenters. The summed E-state index contributed by atoms with van der Waals surface area (Å²) in [4.78, 5) is 7.18. The van der Waals surface area contributed by atoms with E-state index in [1.807, 2.05) is 0 Å². The molecular formula is C14H11ClFN3OS. The molecule has 0 saturated carbocycles. The van der Waals surface area contributed by atoms with Gasteiger partial charge in [0, 0.05) is 16.3 Å². The molecule has 2 aromatic carbocycles. The Morgan fingerprint density at radius 1 is 1.29 bits per heavy atom. The molecule has 1 atom stereocenters. The summed E-state index contributed by atoms with van der Waals surface area (Å²) in [5.41, 5.74) is 7.93. The number of rotatable bonds is 3. The number of imidazole rings is 1. The van der Waals surface area contributed by atoms with E-state index < -0.39 is 16.6 Å². The molecule has 3 aromatic rings. The van der Waals surface area contributed by atoms with Crippen molar-refractivity contribution in [3.05, 3.63) is 52.8 Å². The Bertz CT molecular complexity index is 849. The zero-order chi connectivity index (χ0) is 15.0. The monoisotopic (exact) mass is 323 g/mol. The first kappa shape index (κ1) is 14.0. The topological polar surface area (TPSA) is 71.8 Å². The van der Waals surface area contributed by atoms with E-state index in [0.717, 1.165) is 0 Å². The fourth-order valence-electron chi connectivity index (χ4n) is 1.98. The van der Waals surface area contributed by atoms with Crippen LogP contribution in [0.2, 0.25) is 5.02 Å². The zero-order valence-electron chi connectivity index (χ0n) is 10.8. The molecule has 1 heterocycles. The van der Waals surface area contributed by atoms with Crippen LogP contribution in [0.5, 0.6) is 0 Å². The molecule has 0 radical (unpaired) electrons. The molecule has 3 rings (SSSR count). The van der Waals surface area contributed by atoms with Crippen LogP contribution in [0.1, 0.15) is 5.56 Å². The minimum Gasteiger partial charge on any atom is -0.399 e. The molecule has 0 aliphatic heterocycles. The molecule has 0 fully saturated rings. The molecular weight excluding hydrogens is 313 g/mol. The Morgan fingerprint density at radius 2 is 2.10 bits per heavy atom. The Labute approximate surface area is 127 Å². The van der Waals surface area contributed by atoms with E-state index in [2.05, 4.69) is 9.97 Å². The van der Waals surface area contributed by atoms with Gasteiger partial charge < -0.3 is 10.7 Å². The smallest absolute Gasteiger partial charge is 0.197 e. The van der Waals surface area contributed by atoms with Crippen LogP contribution in [0.4, 0.5) is 10.1 Å². The van der Waals surface area contributed by atoms with E-state index in [1.54, 1.807) is 18.2 Å². The number of aromatic amines is 1. The number of anilines is 1. The Morgan fingerprint density at radius 3 is 2.90 bits per heavy atom. The van der Waals surface area contributed by atoms with Crippen LogP contribution >= 0.6 is 11.6 Å². The first-order chi connectivity index (χ1) is 10.0.